The first-order chi connectivity index (χ1) is 13.1. The zero-order valence-corrected chi connectivity index (χ0v) is 18.4. The van der Waals surface area contributed by atoms with Gasteiger partial charge in [0.15, 0.2) is 0 Å². The van der Waals surface area contributed by atoms with Gasteiger partial charge in [-0.2, -0.15) is 8.78 Å². The highest BCUT2D eigenvalue weighted by molar-refractivity contribution is 8.00. The van der Waals surface area contributed by atoms with Crippen molar-refractivity contribution in [2.75, 3.05) is 12.9 Å². The molecule has 0 N–H and O–H groups in total. The minimum Gasteiger partial charge on any atom is -0.373 e. The van der Waals surface area contributed by atoms with Crippen molar-refractivity contribution in [2.24, 2.45) is 0 Å². The van der Waals surface area contributed by atoms with Crippen molar-refractivity contribution in [3.05, 3.63) is 59.4 Å². The van der Waals surface area contributed by atoms with E-state index in [1.54, 1.807) is 21.6 Å². The van der Waals surface area contributed by atoms with E-state index in [-0.39, 0.29) is 10.3 Å². The summed E-state index contributed by atoms with van der Waals surface area (Å²) in [6.45, 7) is 2.51. The van der Waals surface area contributed by atoms with Crippen LogP contribution < -0.4 is 0 Å². The third kappa shape index (κ3) is 5.18. The van der Waals surface area contributed by atoms with Gasteiger partial charge in [-0.25, -0.2) is 4.39 Å². The molecule has 4 atom stereocenters. The van der Waals surface area contributed by atoms with Crippen LogP contribution in [0.4, 0.5) is 13.2 Å². The minimum atomic E-state index is -2.97. The summed E-state index contributed by atoms with van der Waals surface area (Å²) >= 11 is 1.52. The quantitative estimate of drug-likeness (QED) is 0.536. The Morgan fingerprint density at radius 3 is 2.71 bits per heavy atom. The summed E-state index contributed by atoms with van der Waals surface area (Å²) in [6.07, 6.45) is 2.46. The van der Waals surface area contributed by atoms with Crippen LogP contribution >= 0.6 is 21.0 Å². The van der Waals surface area contributed by atoms with Crippen molar-refractivity contribution in [2.45, 2.75) is 46.1 Å². The van der Waals surface area contributed by atoms with Crippen molar-refractivity contribution in [3.63, 3.8) is 0 Å². The number of alkyl halides is 2. The van der Waals surface area contributed by atoms with Gasteiger partial charge >= 0.3 is 0 Å². The molecule has 1 fully saturated rings. The SMILES string of the molecule is CS(=O)c1ccc(F)cc1C1CC(C)(Sc2cccc(C(F)(F)P)c2)CCO1. The van der Waals surface area contributed by atoms with Gasteiger partial charge in [0.05, 0.1) is 16.9 Å². The molecule has 0 aromatic heterocycles. The topological polar surface area (TPSA) is 26.3 Å². The number of halogens is 3. The molecule has 8 heteroatoms. The Kier molecular flexibility index (Phi) is 6.60. The lowest BCUT2D eigenvalue weighted by molar-refractivity contribution is 0.000490. The molecule has 1 aliphatic rings. The Labute approximate surface area is 172 Å². The lowest BCUT2D eigenvalue weighted by Gasteiger charge is -2.38. The number of ether oxygens (including phenoxy) is 1. The van der Waals surface area contributed by atoms with Crippen LogP contribution in [0.25, 0.3) is 0 Å². The van der Waals surface area contributed by atoms with Gasteiger partial charge in [-0.05, 0) is 55.7 Å². The molecule has 0 spiro atoms. The average molecular weight is 446 g/mol. The summed E-state index contributed by atoms with van der Waals surface area (Å²) in [5.74, 6) is -0.400. The lowest BCUT2D eigenvalue weighted by atomic mass is 9.92. The van der Waals surface area contributed by atoms with Crippen LogP contribution in [-0.4, -0.2) is 21.8 Å². The van der Waals surface area contributed by atoms with E-state index >= 15 is 0 Å². The van der Waals surface area contributed by atoms with Crippen LogP contribution in [-0.2, 0) is 21.2 Å². The molecule has 0 bridgehead atoms. The molecule has 0 radical (unpaired) electrons. The fourth-order valence-electron chi connectivity index (χ4n) is 3.35. The van der Waals surface area contributed by atoms with E-state index in [0.717, 1.165) is 11.3 Å². The van der Waals surface area contributed by atoms with Gasteiger partial charge in [0.25, 0.3) is 5.66 Å². The van der Waals surface area contributed by atoms with Crippen LogP contribution in [0.15, 0.2) is 52.3 Å². The van der Waals surface area contributed by atoms with Crippen molar-refractivity contribution >= 4 is 31.8 Å². The van der Waals surface area contributed by atoms with Crippen LogP contribution in [0.3, 0.4) is 0 Å². The van der Waals surface area contributed by atoms with E-state index in [0.29, 0.717) is 23.5 Å². The smallest absolute Gasteiger partial charge is 0.283 e. The predicted octanol–water partition coefficient (Wildman–Crippen LogP) is 5.89. The Morgan fingerprint density at radius 1 is 1.29 bits per heavy atom. The molecule has 2 aromatic rings. The Balaban J connectivity index is 1.85. The Bertz CT molecular complexity index is 888. The standard InChI is InChI=1S/C20H22F3O2PS2/c1-19(27-15-5-3-4-13(10-15)20(22,23)26)8-9-25-17(12-19)16-11-14(21)6-7-18(16)28(2)24/h3-7,10-11,17H,8-9,12,26H2,1-2H3. The van der Waals surface area contributed by atoms with Crippen LogP contribution in [0.5, 0.6) is 0 Å². The van der Waals surface area contributed by atoms with Gasteiger partial charge in [-0.3, -0.25) is 4.21 Å². The van der Waals surface area contributed by atoms with E-state index in [1.807, 2.05) is 6.07 Å². The van der Waals surface area contributed by atoms with Gasteiger partial charge in [-0.15, -0.1) is 11.8 Å². The predicted molar refractivity (Wildman–Crippen MR) is 111 cm³/mol. The fraction of sp³-hybridized carbons (Fsp3) is 0.400. The van der Waals surface area contributed by atoms with Crippen LogP contribution in [0.1, 0.15) is 37.0 Å². The van der Waals surface area contributed by atoms with Crippen LogP contribution in [0, 0.1) is 5.82 Å². The zero-order chi connectivity index (χ0) is 20.5. The summed E-state index contributed by atoms with van der Waals surface area (Å²) in [4.78, 5) is 1.31. The summed E-state index contributed by atoms with van der Waals surface area (Å²) in [5.41, 5.74) is -2.43. The third-order valence-electron chi connectivity index (χ3n) is 4.78. The molecule has 1 saturated heterocycles. The maximum atomic E-state index is 13.8. The molecular weight excluding hydrogens is 424 g/mol. The number of hydrogen-bond acceptors (Lipinski definition) is 3. The lowest BCUT2D eigenvalue weighted by Crippen LogP contribution is -2.32. The highest BCUT2D eigenvalue weighted by Gasteiger charge is 2.36. The van der Waals surface area contributed by atoms with E-state index in [2.05, 4.69) is 6.92 Å². The largest absolute Gasteiger partial charge is 0.373 e. The van der Waals surface area contributed by atoms with Crippen molar-refractivity contribution in [1.29, 1.82) is 0 Å². The Morgan fingerprint density at radius 2 is 2.04 bits per heavy atom. The van der Waals surface area contributed by atoms with E-state index < -0.39 is 28.4 Å². The molecule has 3 rings (SSSR count). The van der Waals surface area contributed by atoms with Crippen molar-refractivity contribution < 1.29 is 22.1 Å². The summed E-state index contributed by atoms with van der Waals surface area (Å²) < 4.78 is 58.7. The van der Waals surface area contributed by atoms with E-state index in [9.17, 15) is 17.4 Å². The molecule has 1 heterocycles. The monoisotopic (exact) mass is 446 g/mol. The van der Waals surface area contributed by atoms with Crippen molar-refractivity contribution in [1.82, 2.24) is 0 Å². The number of benzene rings is 2. The molecular formula is C20H22F3O2PS2. The molecule has 2 aromatic carbocycles. The Hall–Kier alpha value is -0.880. The number of thioether (sulfide) groups is 1. The second kappa shape index (κ2) is 8.47. The number of hydrogen-bond donors (Lipinski definition) is 0. The highest BCUT2D eigenvalue weighted by Crippen LogP contribution is 2.47. The molecule has 0 aliphatic carbocycles. The second-order valence-corrected chi connectivity index (χ2v) is 10.9. The fourth-order valence-corrected chi connectivity index (χ4v) is 5.63. The van der Waals surface area contributed by atoms with E-state index in [4.69, 9.17) is 4.74 Å². The maximum absolute atomic E-state index is 13.8. The normalized spacial score (nSPS) is 24.1. The first kappa shape index (κ1) is 21.8. The third-order valence-corrected chi connectivity index (χ3v) is 7.46. The summed E-state index contributed by atoms with van der Waals surface area (Å²) in [6, 6.07) is 10.6. The van der Waals surface area contributed by atoms with Gasteiger partial charge in [0.2, 0.25) is 0 Å². The van der Waals surface area contributed by atoms with Gasteiger partial charge in [0.1, 0.15) is 5.82 Å². The molecule has 2 nitrogen and oxygen atoms in total. The highest BCUT2D eigenvalue weighted by atomic mass is 32.2. The number of rotatable bonds is 5. The first-order valence-corrected chi connectivity index (χ1v) is 11.7. The summed E-state index contributed by atoms with van der Waals surface area (Å²) in [7, 11) is 0.295. The van der Waals surface area contributed by atoms with Crippen molar-refractivity contribution in [3.8, 4) is 0 Å². The molecule has 0 saturated carbocycles. The maximum Gasteiger partial charge on any atom is 0.283 e. The zero-order valence-electron chi connectivity index (χ0n) is 15.6. The average Bonchev–Trinajstić information content (AvgIpc) is 2.60. The summed E-state index contributed by atoms with van der Waals surface area (Å²) in [5, 5.41) is 0. The second-order valence-electron chi connectivity index (χ2n) is 7.15. The molecule has 28 heavy (non-hydrogen) atoms. The van der Waals surface area contributed by atoms with Crippen LogP contribution in [0.2, 0.25) is 0 Å². The first-order valence-electron chi connectivity index (χ1n) is 8.78. The molecule has 152 valence electrons. The molecule has 1 aliphatic heterocycles. The molecule has 4 unspecified atom stereocenters. The van der Waals surface area contributed by atoms with E-state index in [1.165, 1.54) is 42.1 Å². The minimum absolute atomic E-state index is 0.0523. The molecule has 0 amide bonds. The van der Waals surface area contributed by atoms with Gasteiger partial charge in [-0.1, -0.05) is 21.4 Å². The van der Waals surface area contributed by atoms with Gasteiger partial charge in [0, 0.05) is 33.0 Å². The van der Waals surface area contributed by atoms with Gasteiger partial charge < -0.3 is 4.74 Å².